The number of amides is 2. The van der Waals surface area contributed by atoms with Gasteiger partial charge in [-0.2, -0.15) is 0 Å². The van der Waals surface area contributed by atoms with E-state index < -0.39 is 29.7 Å². The van der Waals surface area contributed by atoms with Crippen LogP contribution < -0.4 is 10.7 Å². The van der Waals surface area contributed by atoms with Gasteiger partial charge in [-0.25, -0.2) is 8.78 Å². The molecule has 1 aliphatic rings. The number of nitrogens with zero attached hydrogens (tertiary/aromatic N) is 1. The van der Waals surface area contributed by atoms with Crippen molar-refractivity contribution in [3.63, 3.8) is 0 Å². The molecule has 5 nitrogen and oxygen atoms in total. The van der Waals surface area contributed by atoms with Crippen LogP contribution >= 0.6 is 0 Å². The van der Waals surface area contributed by atoms with Gasteiger partial charge in [0.15, 0.2) is 6.04 Å². The molecule has 0 radical (unpaired) electrons. The summed E-state index contributed by atoms with van der Waals surface area (Å²) in [4.78, 5) is 25.4. The van der Waals surface area contributed by atoms with Crippen LogP contribution in [0.5, 0.6) is 0 Å². The summed E-state index contributed by atoms with van der Waals surface area (Å²) >= 11 is 0. The quantitative estimate of drug-likeness (QED) is 0.655. The number of hydrazine groups is 1. The van der Waals surface area contributed by atoms with Crippen LogP contribution in [0.4, 0.5) is 8.78 Å². The van der Waals surface area contributed by atoms with Crippen molar-refractivity contribution in [3.8, 4) is 0 Å². The third kappa shape index (κ3) is 4.10. The Labute approximate surface area is 171 Å². The van der Waals surface area contributed by atoms with Gasteiger partial charge >= 0.3 is 5.91 Å². The zero-order chi connectivity index (χ0) is 21.1. The molecule has 1 fully saturated rings. The summed E-state index contributed by atoms with van der Waals surface area (Å²) in [6.45, 7) is 0. The zero-order valence-corrected chi connectivity index (χ0v) is 15.8. The molecule has 7 heteroatoms. The van der Waals surface area contributed by atoms with Crippen LogP contribution in [0.25, 0.3) is 0 Å². The van der Waals surface area contributed by atoms with Crippen LogP contribution in [-0.4, -0.2) is 28.8 Å². The molecule has 0 aromatic heterocycles. The molecule has 0 bridgehead atoms. The number of hydrazone groups is 1. The van der Waals surface area contributed by atoms with Gasteiger partial charge in [-0.3, -0.25) is 9.59 Å². The second-order valence-corrected chi connectivity index (χ2v) is 6.88. The number of carbonyl (C=O) groups excluding carboxylic acids is 2. The maximum atomic E-state index is 13.2. The number of nitrogens with one attached hydrogen (secondary N) is 2. The lowest BCUT2D eigenvalue weighted by Gasteiger charge is -2.14. The second kappa shape index (κ2) is 8.24. The van der Waals surface area contributed by atoms with Crippen LogP contribution in [-0.2, 0) is 4.79 Å². The molecule has 0 saturated carbocycles. The predicted octanol–water partition coefficient (Wildman–Crippen LogP) is 2.98. The van der Waals surface area contributed by atoms with Crippen molar-refractivity contribution >= 4 is 18.0 Å². The first-order valence-corrected chi connectivity index (χ1v) is 9.32. The summed E-state index contributed by atoms with van der Waals surface area (Å²) in [5, 5.41) is 2.74. The first kappa shape index (κ1) is 19.4. The van der Waals surface area contributed by atoms with Gasteiger partial charge < -0.3 is 5.32 Å². The Balaban J connectivity index is 1.68. The molecule has 2 N–H and O–H groups in total. The number of hydrogen-bond acceptors (Lipinski definition) is 2. The SMILES string of the molecule is O=C(N[C@H]1C(=O)N/[N+](=C\c2ccc(F)cc2)[C@H]1c1ccccc1)c1ccc(F)cc1. The molecule has 150 valence electrons. The zero-order valence-electron chi connectivity index (χ0n) is 15.8. The van der Waals surface area contributed by atoms with Crippen molar-refractivity contribution < 1.29 is 23.1 Å². The average molecular weight is 406 g/mol. The van der Waals surface area contributed by atoms with Crippen molar-refractivity contribution in [1.29, 1.82) is 0 Å². The third-order valence-electron chi connectivity index (χ3n) is 4.83. The summed E-state index contributed by atoms with van der Waals surface area (Å²) < 4.78 is 28.0. The molecule has 1 saturated heterocycles. The van der Waals surface area contributed by atoms with E-state index in [4.69, 9.17) is 0 Å². The molecule has 1 aliphatic heterocycles. The summed E-state index contributed by atoms with van der Waals surface area (Å²) in [7, 11) is 0. The highest BCUT2D eigenvalue weighted by atomic mass is 19.1. The van der Waals surface area contributed by atoms with E-state index >= 15 is 0 Å². The van der Waals surface area contributed by atoms with Crippen molar-refractivity contribution in [2.24, 2.45) is 0 Å². The van der Waals surface area contributed by atoms with E-state index in [0.717, 1.165) is 5.56 Å². The van der Waals surface area contributed by atoms with E-state index in [1.54, 1.807) is 23.0 Å². The first-order valence-electron chi connectivity index (χ1n) is 9.32. The average Bonchev–Trinajstić information content (AvgIpc) is 3.05. The monoisotopic (exact) mass is 406 g/mol. The topological polar surface area (TPSA) is 61.2 Å². The predicted molar refractivity (Wildman–Crippen MR) is 107 cm³/mol. The summed E-state index contributed by atoms with van der Waals surface area (Å²) in [6.07, 6.45) is 1.68. The Morgan fingerprint density at radius 2 is 1.50 bits per heavy atom. The number of rotatable bonds is 4. The second-order valence-electron chi connectivity index (χ2n) is 6.88. The molecule has 1 heterocycles. The Bertz CT molecular complexity index is 1100. The molecular formula is C23H18F2N3O2+. The minimum absolute atomic E-state index is 0.247. The summed E-state index contributed by atoms with van der Waals surface area (Å²) in [5.74, 6) is -1.69. The normalized spacial score (nSPS) is 19.5. The lowest BCUT2D eigenvalue weighted by atomic mass is 10.00. The number of hydrogen-bond donors (Lipinski definition) is 2. The molecule has 3 aromatic rings. The molecule has 4 rings (SSSR count). The fourth-order valence-electron chi connectivity index (χ4n) is 3.37. The van der Waals surface area contributed by atoms with E-state index in [-0.39, 0.29) is 11.4 Å². The molecule has 3 aromatic carbocycles. The molecule has 2 atom stereocenters. The molecule has 0 unspecified atom stereocenters. The van der Waals surface area contributed by atoms with Gasteiger partial charge in [0.2, 0.25) is 12.3 Å². The van der Waals surface area contributed by atoms with Crippen molar-refractivity contribution in [2.45, 2.75) is 12.1 Å². The largest absolute Gasteiger partial charge is 0.334 e. The van der Waals surface area contributed by atoms with E-state index in [2.05, 4.69) is 10.7 Å². The molecule has 30 heavy (non-hydrogen) atoms. The lowest BCUT2D eigenvalue weighted by molar-refractivity contribution is -0.596. The Morgan fingerprint density at radius 1 is 0.900 bits per heavy atom. The Kier molecular flexibility index (Phi) is 5.34. The van der Waals surface area contributed by atoms with Gasteiger partial charge in [-0.05, 0) is 48.5 Å². The molecule has 2 amide bonds. The van der Waals surface area contributed by atoms with Crippen LogP contribution in [0.15, 0.2) is 78.9 Å². The fourth-order valence-corrected chi connectivity index (χ4v) is 3.37. The fraction of sp³-hybridized carbons (Fsp3) is 0.0870. The maximum Gasteiger partial charge on any atom is 0.304 e. The van der Waals surface area contributed by atoms with Crippen molar-refractivity contribution in [1.82, 2.24) is 10.7 Å². The van der Waals surface area contributed by atoms with E-state index in [1.807, 2.05) is 30.3 Å². The Morgan fingerprint density at radius 3 is 2.13 bits per heavy atom. The standard InChI is InChI=1S/C23H17F2N3O2/c24-18-10-6-15(7-11-18)14-28-21(16-4-2-1-3-5-16)20(23(30)27-28)26-22(29)17-8-12-19(25)13-9-17/h1-14,20-21H,(H-,26,27,29,30)/p+1/b28-14-/t20-,21+/m1/s1. The molecular weight excluding hydrogens is 388 g/mol. The van der Waals surface area contributed by atoms with E-state index in [0.29, 0.717) is 5.56 Å². The van der Waals surface area contributed by atoms with Crippen LogP contribution in [0.2, 0.25) is 0 Å². The summed E-state index contributed by atoms with van der Waals surface area (Å²) in [5.41, 5.74) is 4.49. The smallest absolute Gasteiger partial charge is 0.304 e. The number of halogens is 2. The van der Waals surface area contributed by atoms with Gasteiger partial charge in [-0.1, -0.05) is 30.3 Å². The maximum absolute atomic E-state index is 13.2. The van der Waals surface area contributed by atoms with Crippen molar-refractivity contribution in [3.05, 3.63) is 107 Å². The van der Waals surface area contributed by atoms with Gasteiger partial charge in [0.05, 0.1) is 0 Å². The highest BCUT2D eigenvalue weighted by Crippen LogP contribution is 2.25. The van der Waals surface area contributed by atoms with Crippen LogP contribution in [0.1, 0.15) is 27.5 Å². The van der Waals surface area contributed by atoms with Gasteiger partial charge in [0.25, 0.3) is 5.91 Å². The Hall–Kier alpha value is -3.87. The molecule has 0 spiro atoms. The van der Waals surface area contributed by atoms with Crippen LogP contribution in [0.3, 0.4) is 0 Å². The minimum atomic E-state index is -0.887. The lowest BCUT2D eigenvalue weighted by Crippen LogP contribution is -2.42. The minimum Gasteiger partial charge on any atom is -0.334 e. The molecule has 0 aliphatic carbocycles. The van der Waals surface area contributed by atoms with Gasteiger partial charge in [0.1, 0.15) is 11.6 Å². The third-order valence-corrected chi connectivity index (χ3v) is 4.83. The van der Waals surface area contributed by atoms with E-state index in [9.17, 15) is 18.4 Å². The van der Waals surface area contributed by atoms with Crippen LogP contribution in [0, 0.1) is 11.6 Å². The summed E-state index contributed by atoms with van der Waals surface area (Å²) in [6, 6.07) is 18.8. The number of benzene rings is 3. The van der Waals surface area contributed by atoms with Crippen molar-refractivity contribution in [2.75, 3.05) is 0 Å². The first-order chi connectivity index (χ1) is 14.5. The van der Waals surface area contributed by atoms with Gasteiger partial charge in [-0.15, -0.1) is 10.1 Å². The van der Waals surface area contributed by atoms with Gasteiger partial charge in [0, 0.05) is 16.7 Å². The highest BCUT2D eigenvalue weighted by Gasteiger charge is 2.47. The van der Waals surface area contributed by atoms with E-state index in [1.165, 1.54) is 36.4 Å². The highest BCUT2D eigenvalue weighted by molar-refractivity contribution is 5.98. The number of carbonyl (C=O) groups is 2.